The SMILES string of the molecule is CCCNC(c1cn[nH]n1)c1nccnc1OC. The van der Waals surface area contributed by atoms with Crippen LogP contribution in [-0.2, 0) is 0 Å². The largest absolute Gasteiger partial charge is 0.480 e. The molecule has 18 heavy (non-hydrogen) atoms. The molecular formula is C11H16N6O. The maximum atomic E-state index is 5.23. The number of ether oxygens (including phenoxy) is 1. The Morgan fingerprint density at radius 3 is 2.89 bits per heavy atom. The number of aromatic nitrogens is 5. The van der Waals surface area contributed by atoms with Crippen molar-refractivity contribution in [3.05, 3.63) is 30.0 Å². The first kappa shape index (κ1) is 12.4. The lowest BCUT2D eigenvalue weighted by Gasteiger charge is -2.16. The first-order valence-corrected chi connectivity index (χ1v) is 5.80. The van der Waals surface area contributed by atoms with Crippen LogP contribution in [0, 0.1) is 0 Å². The summed E-state index contributed by atoms with van der Waals surface area (Å²) >= 11 is 0. The van der Waals surface area contributed by atoms with E-state index in [4.69, 9.17) is 4.74 Å². The second kappa shape index (κ2) is 6.06. The number of methoxy groups -OCH3 is 1. The van der Waals surface area contributed by atoms with Crippen LogP contribution in [0.25, 0.3) is 0 Å². The van der Waals surface area contributed by atoms with Crippen molar-refractivity contribution in [3.63, 3.8) is 0 Å². The second-order valence-electron chi connectivity index (χ2n) is 3.73. The summed E-state index contributed by atoms with van der Waals surface area (Å²) in [7, 11) is 1.58. The molecule has 0 saturated heterocycles. The predicted octanol–water partition coefficient (Wildman–Crippen LogP) is 0.692. The van der Waals surface area contributed by atoms with E-state index in [0.717, 1.165) is 18.7 Å². The summed E-state index contributed by atoms with van der Waals surface area (Å²) in [4.78, 5) is 8.48. The van der Waals surface area contributed by atoms with E-state index in [9.17, 15) is 0 Å². The van der Waals surface area contributed by atoms with Gasteiger partial charge in [0.1, 0.15) is 17.4 Å². The highest BCUT2D eigenvalue weighted by Gasteiger charge is 2.22. The van der Waals surface area contributed by atoms with E-state index in [-0.39, 0.29) is 6.04 Å². The van der Waals surface area contributed by atoms with Crippen LogP contribution >= 0.6 is 0 Å². The number of nitrogens with zero attached hydrogens (tertiary/aromatic N) is 4. The van der Waals surface area contributed by atoms with Crippen molar-refractivity contribution < 1.29 is 4.74 Å². The molecule has 0 radical (unpaired) electrons. The fourth-order valence-corrected chi connectivity index (χ4v) is 1.67. The van der Waals surface area contributed by atoms with Gasteiger partial charge in [0.15, 0.2) is 0 Å². The summed E-state index contributed by atoms with van der Waals surface area (Å²) in [5, 5.41) is 13.9. The zero-order valence-corrected chi connectivity index (χ0v) is 10.4. The van der Waals surface area contributed by atoms with Gasteiger partial charge in [-0.3, -0.25) is 4.98 Å². The molecule has 1 atom stereocenters. The molecule has 2 aromatic rings. The van der Waals surface area contributed by atoms with Crippen molar-refractivity contribution in [2.75, 3.05) is 13.7 Å². The van der Waals surface area contributed by atoms with Crippen molar-refractivity contribution in [1.82, 2.24) is 30.7 Å². The minimum atomic E-state index is -0.174. The van der Waals surface area contributed by atoms with Crippen LogP contribution in [0.15, 0.2) is 18.6 Å². The van der Waals surface area contributed by atoms with Crippen LogP contribution in [0.4, 0.5) is 0 Å². The van der Waals surface area contributed by atoms with Crippen LogP contribution in [0.1, 0.15) is 30.8 Å². The first-order chi connectivity index (χ1) is 8.86. The molecule has 7 nitrogen and oxygen atoms in total. The predicted molar refractivity (Wildman–Crippen MR) is 65.1 cm³/mol. The van der Waals surface area contributed by atoms with E-state index in [2.05, 4.69) is 37.6 Å². The lowest BCUT2D eigenvalue weighted by molar-refractivity contribution is 0.381. The van der Waals surface area contributed by atoms with Gasteiger partial charge in [0.2, 0.25) is 5.88 Å². The standard InChI is InChI=1S/C11H16N6O/c1-3-4-12-9(8-7-15-17-16-8)10-11(18-2)14-6-5-13-10/h5-7,9,12H,3-4H2,1-2H3,(H,15,16,17). The Hall–Kier alpha value is -2.02. The Morgan fingerprint density at radius 1 is 1.39 bits per heavy atom. The molecule has 0 amide bonds. The van der Waals surface area contributed by atoms with Gasteiger partial charge in [-0.2, -0.15) is 15.4 Å². The number of nitrogens with one attached hydrogen (secondary N) is 2. The van der Waals surface area contributed by atoms with E-state index in [1.807, 2.05) is 0 Å². The van der Waals surface area contributed by atoms with E-state index in [1.54, 1.807) is 25.7 Å². The second-order valence-corrected chi connectivity index (χ2v) is 3.73. The Bertz CT molecular complexity index is 472. The quantitative estimate of drug-likeness (QED) is 0.782. The third-order valence-electron chi connectivity index (χ3n) is 2.49. The number of rotatable bonds is 6. The number of H-pyrrole nitrogens is 1. The first-order valence-electron chi connectivity index (χ1n) is 5.80. The van der Waals surface area contributed by atoms with Gasteiger partial charge >= 0.3 is 0 Å². The normalized spacial score (nSPS) is 12.3. The fraction of sp³-hybridized carbons (Fsp3) is 0.455. The molecule has 0 saturated carbocycles. The summed E-state index contributed by atoms with van der Waals surface area (Å²) in [5.41, 5.74) is 1.48. The molecule has 0 aliphatic carbocycles. The summed E-state index contributed by atoms with van der Waals surface area (Å²) in [5.74, 6) is 0.495. The number of aromatic amines is 1. The molecule has 7 heteroatoms. The fourth-order valence-electron chi connectivity index (χ4n) is 1.67. The third-order valence-corrected chi connectivity index (χ3v) is 2.49. The van der Waals surface area contributed by atoms with Gasteiger partial charge in [-0.25, -0.2) is 4.98 Å². The zero-order chi connectivity index (χ0) is 12.8. The monoisotopic (exact) mass is 248 g/mol. The third kappa shape index (κ3) is 2.62. The Kier molecular flexibility index (Phi) is 4.19. The summed E-state index contributed by atoms with van der Waals surface area (Å²) < 4.78 is 5.23. The Morgan fingerprint density at radius 2 is 2.22 bits per heavy atom. The average molecular weight is 248 g/mol. The highest BCUT2D eigenvalue weighted by Crippen LogP contribution is 2.24. The van der Waals surface area contributed by atoms with Crippen molar-refractivity contribution in [3.8, 4) is 5.88 Å². The number of hydrogen-bond acceptors (Lipinski definition) is 6. The molecule has 0 bridgehead atoms. The lowest BCUT2D eigenvalue weighted by Crippen LogP contribution is -2.25. The van der Waals surface area contributed by atoms with Crippen LogP contribution in [-0.4, -0.2) is 39.0 Å². The minimum Gasteiger partial charge on any atom is -0.480 e. The molecule has 96 valence electrons. The molecule has 0 aliphatic rings. The molecule has 2 rings (SSSR count). The Labute approximate surface area is 105 Å². The van der Waals surface area contributed by atoms with E-state index in [1.165, 1.54) is 0 Å². The molecule has 1 unspecified atom stereocenters. The minimum absolute atomic E-state index is 0.174. The van der Waals surface area contributed by atoms with Crippen LogP contribution < -0.4 is 10.1 Å². The molecule has 2 heterocycles. The summed E-state index contributed by atoms with van der Waals surface area (Å²) in [6.07, 6.45) is 5.92. The summed E-state index contributed by atoms with van der Waals surface area (Å²) in [6.45, 7) is 2.94. The lowest BCUT2D eigenvalue weighted by atomic mass is 10.1. The van der Waals surface area contributed by atoms with Gasteiger partial charge in [-0.05, 0) is 13.0 Å². The van der Waals surface area contributed by atoms with Crippen molar-refractivity contribution >= 4 is 0 Å². The smallest absolute Gasteiger partial charge is 0.237 e. The number of hydrogen-bond donors (Lipinski definition) is 2. The van der Waals surface area contributed by atoms with Crippen LogP contribution in [0.5, 0.6) is 5.88 Å². The van der Waals surface area contributed by atoms with E-state index in [0.29, 0.717) is 11.6 Å². The molecule has 0 fully saturated rings. The molecule has 0 aliphatic heterocycles. The van der Waals surface area contributed by atoms with Crippen molar-refractivity contribution in [2.24, 2.45) is 0 Å². The average Bonchev–Trinajstić information content (AvgIpc) is 2.94. The molecule has 2 N–H and O–H groups in total. The highest BCUT2D eigenvalue weighted by molar-refractivity contribution is 5.27. The van der Waals surface area contributed by atoms with Crippen LogP contribution in [0.3, 0.4) is 0 Å². The summed E-state index contributed by atoms with van der Waals surface area (Å²) in [6, 6.07) is -0.174. The van der Waals surface area contributed by atoms with Crippen molar-refractivity contribution in [1.29, 1.82) is 0 Å². The van der Waals surface area contributed by atoms with E-state index >= 15 is 0 Å². The van der Waals surface area contributed by atoms with Gasteiger partial charge in [0.05, 0.1) is 13.3 Å². The maximum Gasteiger partial charge on any atom is 0.237 e. The topological polar surface area (TPSA) is 88.6 Å². The molecular weight excluding hydrogens is 232 g/mol. The molecule has 0 aromatic carbocycles. The van der Waals surface area contributed by atoms with Gasteiger partial charge in [-0.1, -0.05) is 6.92 Å². The van der Waals surface area contributed by atoms with Crippen molar-refractivity contribution in [2.45, 2.75) is 19.4 Å². The zero-order valence-electron chi connectivity index (χ0n) is 10.4. The van der Waals surface area contributed by atoms with E-state index < -0.39 is 0 Å². The van der Waals surface area contributed by atoms with Gasteiger partial charge < -0.3 is 10.1 Å². The van der Waals surface area contributed by atoms with Crippen LogP contribution in [0.2, 0.25) is 0 Å². The van der Waals surface area contributed by atoms with Gasteiger partial charge in [-0.15, -0.1) is 0 Å². The van der Waals surface area contributed by atoms with Gasteiger partial charge in [0.25, 0.3) is 0 Å². The highest BCUT2D eigenvalue weighted by atomic mass is 16.5. The Balaban J connectivity index is 2.33. The maximum absolute atomic E-state index is 5.23. The molecule has 2 aromatic heterocycles. The molecule has 0 spiro atoms. The van der Waals surface area contributed by atoms with Gasteiger partial charge in [0, 0.05) is 12.4 Å².